The van der Waals surface area contributed by atoms with Gasteiger partial charge in [0.25, 0.3) is 0 Å². The third-order valence-corrected chi connectivity index (χ3v) is 5.07. The van der Waals surface area contributed by atoms with E-state index in [1.807, 2.05) is 30.3 Å². The molecular formula is C18H18FNOS. The van der Waals surface area contributed by atoms with Gasteiger partial charge < -0.3 is 0 Å². The van der Waals surface area contributed by atoms with Crippen LogP contribution in [0.15, 0.2) is 48.5 Å². The van der Waals surface area contributed by atoms with Crippen molar-refractivity contribution in [1.82, 2.24) is 0 Å². The van der Waals surface area contributed by atoms with Gasteiger partial charge in [0.15, 0.2) is 0 Å². The lowest BCUT2D eigenvalue weighted by Crippen LogP contribution is -2.28. The number of rotatable bonds is 3. The molecule has 0 aliphatic carbocycles. The Morgan fingerprint density at radius 2 is 1.82 bits per heavy atom. The zero-order valence-corrected chi connectivity index (χ0v) is 13.4. The number of carbonyl (C=O) groups excluding carboxylic acids is 1. The van der Waals surface area contributed by atoms with Gasteiger partial charge >= 0.3 is 0 Å². The highest BCUT2D eigenvalue weighted by atomic mass is 32.2. The summed E-state index contributed by atoms with van der Waals surface area (Å²) in [4.78, 5) is 14.0. The predicted molar refractivity (Wildman–Crippen MR) is 89.6 cm³/mol. The average molecular weight is 315 g/mol. The lowest BCUT2D eigenvalue weighted by molar-refractivity contribution is -0.115. The van der Waals surface area contributed by atoms with Crippen molar-refractivity contribution in [2.45, 2.75) is 25.1 Å². The van der Waals surface area contributed by atoms with Crippen molar-refractivity contribution in [1.29, 1.82) is 0 Å². The Kier molecular flexibility index (Phi) is 4.21. The van der Waals surface area contributed by atoms with Gasteiger partial charge in [-0.3, -0.25) is 9.69 Å². The summed E-state index contributed by atoms with van der Waals surface area (Å²) in [6.45, 7) is 4.27. The van der Waals surface area contributed by atoms with E-state index in [4.69, 9.17) is 0 Å². The Hall–Kier alpha value is -1.81. The van der Waals surface area contributed by atoms with Crippen molar-refractivity contribution in [3.8, 4) is 0 Å². The number of amides is 1. The van der Waals surface area contributed by atoms with E-state index in [0.717, 1.165) is 5.69 Å². The molecule has 2 nitrogen and oxygen atoms in total. The first-order valence-electron chi connectivity index (χ1n) is 7.36. The number of benzene rings is 2. The molecule has 1 aliphatic heterocycles. The largest absolute Gasteiger partial charge is 0.295 e. The fraction of sp³-hybridized carbons (Fsp3) is 0.278. The molecule has 3 rings (SSSR count). The summed E-state index contributed by atoms with van der Waals surface area (Å²) in [6.07, 6.45) is 0. The Balaban J connectivity index is 1.96. The Labute approximate surface area is 134 Å². The van der Waals surface area contributed by atoms with Crippen molar-refractivity contribution in [2.24, 2.45) is 0 Å². The summed E-state index contributed by atoms with van der Waals surface area (Å²) in [5.74, 6) is 0.583. The van der Waals surface area contributed by atoms with Gasteiger partial charge in [-0.1, -0.05) is 44.2 Å². The highest BCUT2D eigenvalue weighted by molar-refractivity contribution is 8.00. The van der Waals surface area contributed by atoms with Gasteiger partial charge in [-0.25, -0.2) is 4.39 Å². The van der Waals surface area contributed by atoms with Crippen LogP contribution < -0.4 is 4.90 Å². The van der Waals surface area contributed by atoms with E-state index >= 15 is 0 Å². The second-order valence-corrected chi connectivity index (χ2v) is 6.76. The van der Waals surface area contributed by atoms with Gasteiger partial charge in [0.1, 0.15) is 11.2 Å². The van der Waals surface area contributed by atoms with Crippen LogP contribution in [0.4, 0.5) is 10.1 Å². The molecule has 1 unspecified atom stereocenters. The Morgan fingerprint density at radius 1 is 1.14 bits per heavy atom. The SMILES string of the molecule is CC(C)c1ccc(N2C(=O)CSC2c2ccccc2F)cc1. The molecule has 1 atom stereocenters. The Morgan fingerprint density at radius 3 is 2.45 bits per heavy atom. The van der Waals surface area contributed by atoms with Gasteiger partial charge in [-0.2, -0.15) is 0 Å². The van der Waals surface area contributed by atoms with Crippen LogP contribution in [0.25, 0.3) is 0 Å². The molecule has 2 aromatic carbocycles. The molecule has 2 aromatic rings. The summed E-state index contributed by atoms with van der Waals surface area (Å²) in [5.41, 5.74) is 2.62. The zero-order chi connectivity index (χ0) is 15.7. The minimum absolute atomic E-state index is 0.0237. The van der Waals surface area contributed by atoms with E-state index in [-0.39, 0.29) is 17.1 Å². The van der Waals surface area contributed by atoms with Crippen LogP contribution in [-0.2, 0) is 4.79 Å². The minimum atomic E-state index is -0.293. The molecule has 1 saturated heterocycles. The third-order valence-electron chi connectivity index (χ3n) is 3.88. The standard InChI is InChI=1S/C18H18FNOS/c1-12(2)13-7-9-14(10-8-13)20-17(21)11-22-18(20)15-5-3-4-6-16(15)19/h3-10,12,18H,11H2,1-2H3. The zero-order valence-electron chi connectivity index (χ0n) is 12.6. The van der Waals surface area contributed by atoms with Crippen LogP contribution in [0.3, 0.4) is 0 Å². The molecule has 0 radical (unpaired) electrons. The van der Waals surface area contributed by atoms with Crippen molar-refractivity contribution < 1.29 is 9.18 Å². The lowest BCUT2D eigenvalue weighted by Gasteiger charge is -2.25. The van der Waals surface area contributed by atoms with E-state index in [2.05, 4.69) is 13.8 Å². The highest BCUT2D eigenvalue weighted by Crippen LogP contribution is 2.42. The fourth-order valence-electron chi connectivity index (χ4n) is 2.63. The number of nitrogens with zero attached hydrogens (tertiary/aromatic N) is 1. The first kappa shape index (κ1) is 15.1. The number of carbonyl (C=O) groups is 1. The number of hydrogen-bond acceptors (Lipinski definition) is 2. The van der Waals surface area contributed by atoms with E-state index in [0.29, 0.717) is 17.2 Å². The van der Waals surface area contributed by atoms with Crippen LogP contribution in [0.5, 0.6) is 0 Å². The quantitative estimate of drug-likeness (QED) is 0.816. The smallest absolute Gasteiger partial charge is 0.238 e. The van der Waals surface area contributed by atoms with Gasteiger partial charge in [0, 0.05) is 11.3 Å². The molecule has 0 saturated carbocycles. The first-order chi connectivity index (χ1) is 10.6. The van der Waals surface area contributed by atoms with E-state index in [1.54, 1.807) is 17.0 Å². The number of hydrogen-bond donors (Lipinski definition) is 0. The molecule has 0 bridgehead atoms. The van der Waals surface area contributed by atoms with Gasteiger partial charge in [-0.05, 0) is 29.7 Å². The topological polar surface area (TPSA) is 20.3 Å². The molecule has 22 heavy (non-hydrogen) atoms. The normalized spacial score (nSPS) is 18.3. The summed E-state index contributed by atoms with van der Waals surface area (Å²) < 4.78 is 14.1. The van der Waals surface area contributed by atoms with Crippen molar-refractivity contribution in [3.05, 3.63) is 65.5 Å². The van der Waals surface area contributed by atoms with E-state index in [1.165, 1.54) is 23.4 Å². The monoisotopic (exact) mass is 315 g/mol. The molecule has 0 spiro atoms. The molecule has 1 fully saturated rings. The number of thioether (sulfide) groups is 1. The summed E-state index contributed by atoms with van der Waals surface area (Å²) in [5, 5.41) is -0.293. The van der Waals surface area contributed by atoms with Crippen LogP contribution in [0.1, 0.15) is 36.3 Å². The summed E-state index contributed by atoms with van der Waals surface area (Å²) in [6, 6.07) is 14.6. The van der Waals surface area contributed by atoms with E-state index < -0.39 is 0 Å². The van der Waals surface area contributed by atoms with Crippen LogP contribution in [0.2, 0.25) is 0 Å². The van der Waals surface area contributed by atoms with Crippen molar-refractivity contribution in [3.63, 3.8) is 0 Å². The molecule has 4 heteroatoms. The average Bonchev–Trinajstić information content (AvgIpc) is 2.89. The lowest BCUT2D eigenvalue weighted by atomic mass is 10.0. The maximum Gasteiger partial charge on any atom is 0.238 e. The number of halogens is 1. The molecule has 1 heterocycles. The third kappa shape index (κ3) is 2.75. The predicted octanol–water partition coefficient (Wildman–Crippen LogP) is 4.73. The maximum atomic E-state index is 14.1. The van der Waals surface area contributed by atoms with Gasteiger partial charge in [0.2, 0.25) is 5.91 Å². The molecule has 114 valence electrons. The molecule has 1 amide bonds. The Bertz CT molecular complexity index is 684. The van der Waals surface area contributed by atoms with Crippen molar-refractivity contribution >= 4 is 23.4 Å². The number of anilines is 1. The van der Waals surface area contributed by atoms with Gasteiger partial charge in [-0.15, -0.1) is 11.8 Å². The molecular weight excluding hydrogens is 297 g/mol. The minimum Gasteiger partial charge on any atom is -0.295 e. The van der Waals surface area contributed by atoms with Crippen LogP contribution >= 0.6 is 11.8 Å². The van der Waals surface area contributed by atoms with Crippen LogP contribution in [0, 0.1) is 5.82 Å². The summed E-state index contributed by atoms with van der Waals surface area (Å²) in [7, 11) is 0. The van der Waals surface area contributed by atoms with Gasteiger partial charge in [0.05, 0.1) is 5.75 Å². The molecule has 1 aliphatic rings. The summed E-state index contributed by atoms with van der Waals surface area (Å²) >= 11 is 1.47. The van der Waals surface area contributed by atoms with Crippen LogP contribution in [-0.4, -0.2) is 11.7 Å². The second kappa shape index (κ2) is 6.13. The first-order valence-corrected chi connectivity index (χ1v) is 8.41. The second-order valence-electron chi connectivity index (χ2n) is 5.69. The molecule has 0 aromatic heterocycles. The van der Waals surface area contributed by atoms with Crippen molar-refractivity contribution in [2.75, 3.05) is 10.7 Å². The maximum absolute atomic E-state index is 14.1. The highest BCUT2D eigenvalue weighted by Gasteiger charge is 2.35. The van der Waals surface area contributed by atoms with E-state index in [9.17, 15) is 9.18 Å². The molecule has 0 N–H and O–H groups in total. The fourth-order valence-corrected chi connectivity index (χ4v) is 3.83.